The number of hydrogen-bond acceptors (Lipinski definition) is 5. The first-order valence-electron chi connectivity index (χ1n) is 7.42. The van der Waals surface area contributed by atoms with Crippen LogP contribution in [-0.2, 0) is 19.6 Å². The molecule has 1 heterocycles. The van der Waals surface area contributed by atoms with Crippen molar-refractivity contribution in [2.24, 2.45) is 5.92 Å². The second kappa shape index (κ2) is 8.95. The number of pyridine rings is 1. The van der Waals surface area contributed by atoms with E-state index in [2.05, 4.69) is 4.98 Å². The summed E-state index contributed by atoms with van der Waals surface area (Å²) in [5, 5.41) is 0. The van der Waals surface area contributed by atoms with E-state index in [-0.39, 0.29) is 23.3 Å². The first-order valence-corrected chi connectivity index (χ1v) is 8.86. The van der Waals surface area contributed by atoms with E-state index < -0.39 is 10.0 Å². The maximum atomic E-state index is 12.4. The van der Waals surface area contributed by atoms with Crippen LogP contribution in [0.25, 0.3) is 0 Å². The van der Waals surface area contributed by atoms with E-state index in [9.17, 15) is 13.2 Å². The van der Waals surface area contributed by atoms with Crippen LogP contribution in [0.3, 0.4) is 0 Å². The molecule has 23 heavy (non-hydrogen) atoms. The number of rotatable bonds is 9. The summed E-state index contributed by atoms with van der Waals surface area (Å²) in [4.78, 5) is 17.9. The number of carbonyl (C=O) groups excluding carboxylic acids is 1. The molecule has 0 spiro atoms. The third-order valence-electron chi connectivity index (χ3n) is 3.20. The Morgan fingerprint density at radius 1 is 1.39 bits per heavy atom. The molecule has 0 atom stereocenters. The lowest BCUT2D eigenvalue weighted by atomic mass is 10.2. The zero-order chi connectivity index (χ0) is 17.5. The van der Waals surface area contributed by atoms with Crippen molar-refractivity contribution in [1.82, 2.24) is 14.2 Å². The van der Waals surface area contributed by atoms with Crippen LogP contribution in [0.1, 0.15) is 13.8 Å². The number of methoxy groups -OCH3 is 1. The number of likely N-dealkylation sites (N-methyl/N-ethyl adjacent to an activating group) is 1. The van der Waals surface area contributed by atoms with Crippen LogP contribution in [0.15, 0.2) is 29.4 Å². The first-order chi connectivity index (χ1) is 10.8. The molecule has 0 N–H and O–H groups in total. The van der Waals surface area contributed by atoms with E-state index in [0.29, 0.717) is 19.7 Å². The molecule has 1 aromatic heterocycles. The summed E-state index contributed by atoms with van der Waals surface area (Å²) in [5.74, 6) is 0.0433. The van der Waals surface area contributed by atoms with Gasteiger partial charge < -0.3 is 9.64 Å². The van der Waals surface area contributed by atoms with Gasteiger partial charge in [-0.2, -0.15) is 4.31 Å². The van der Waals surface area contributed by atoms with E-state index in [1.54, 1.807) is 18.1 Å². The van der Waals surface area contributed by atoms with E-state index in [0.717, 1.165) is 4.31 Å². The molecule has 130 valence electrons. The molecule has 0 aliphatic carbocycles. The molecule has 0 saturated carbocycles. The molecule has 0 aromatic carbocycles. The van der Waals surface area contributed by atoms with Crippen molar-refractivity contribution in [1.29, 1.82) is 0 Å². The molecule has 0 fully saturated rings. The molecule has 1 rings (SSSR count). The summed E-state index contributed by atoms with van der Waals surface area (Å²) in [7, 11) is -0.765. The van der Waals surface area contributed by atoms with Gasteiger partial charge >= 0.3 is 0 Å². The van der Waals surface area contributed by atoms with Gasteiger partial charge in [0.15, 0.2) is 0 Å². The number of aromatic nitrogens is 1. The van der Waals surface area contributed by atoms with Crippen molar-refractivity contribution in [3.05, 3.63) is 24.5 Å². The number of ether oxygens (including phenoxy) is 1. The smallest absolute Gasteiger partial charge is 0.244 e. The van der Waals surface area contributed by atoms with Crippen LogP contribution in [0, 0.1) is 5.92 Å². The predicted octanol–water partition coefficient (Wildman–Crippen LogP) is 0.833. The van der Waals surface area contributed by atoms with Gasteiger partial charge in [0.05, 0.1) is 13.2 Å². The van der Waals surface area contributed by atoms with Crippen LogP contribution in [-0.4, -0.2) is 68.9 Å². The van der Waals surface area contributed by atoms with Crippen molar-refractivity contribution < 1.29 is 17.9 Å². The van der Waals surface area contributed by atoms with Crippen LogP contribution in [0.4, 0.5) is 0 Å². The van der Waals surface area contributed by atoms with E-state index in [1.165, 1.54) is 25.5 Å². The van der Waals surface area contributed by atoms with Crippen LogP contribution in [0.2, 0.25) is 0 Å². The van der Waals surface area contributed by atoms with Gasteiger partial charge in [0, 0.05) is 39.6 Å². The molecule has 0 radical (unpaired) electrons. The summed E-state index contributed by atoms with van der Waals surface area (Å²) in [5.41, 5.74) is 0. The van der Waals surface area contributed by atoms with Gasteiger partial charge in [0.2, 0.25) is 15.9 Å². The standard InChI is InChI=1S/C15H25N3O4S/c1-13(2)11-18(8-9-22-4)15(19)12-17(3)23(20,21)14-6-5-7-16-10-14/h5-7,10,13H,8-9,11-12H2,1-4H3. The summed E-state index contributed by atoms with van der Waals surface area (Å²) < 4.78 is 30.9. The van der Waals surface area contributed by atoms with Gasteiger partial charge in [0.1, 0.15) is 4.90 Å². The monoisotopic (exact) mass is 343 g/mol. The Morgan fingerprint density at radius 3 is 2.61 bits per heavy atom. The van der Waals surface area contributed by atoms with Gasteiger partial charge in [-0.1, -0.05) is 13.8 Å². The first kappa shape index (κ1) is 19.5. The Kier molecular flexibility index (Phi) is 7.60. The summed E-state index contributed by atoms with van der Waals surface area (Å²) >= 11 is 0. The maximum Gasteiger partial charge on any atom is 0.244 e. The minimum Gasteiger partial charge on any atom is -0.383 e. The van der Waals surface area contributed by atoms with Crippen molar-refractivity contribution in [2.75, 3.05) is 40.4 Å². The van der Waals surface area contributed by atoms with Gasteiger partial charge in [-0.3, -0.25) is 9.78 Å². The highest BCUT2D eigenvalue weighted by Crippen LogP contribution is 2.12. The average molecular weight is 343 g/mol. The Hall–Kier alpha value is -1.51. The number of sulfonamides is 1. The molecule has 1 amide bonds. The quantitative estimate of drug-likeness (QED) is 0.664. The van der Waals surface area contributed by atoms with E-state index in [4.69, 9.17) is 4.74 Å². The number of nitrogens with zero attached hydrogens (tertiary/aromatic N) is 3. The minimum atomic E-state index is -3.72. The summed E-state index contributed by atoms with van der Waals surface area (Å²) in [6, 6.07) is 3.01. The molecule has 0 aliphatic rings. The van der Waals surface area contributed by atoms with E-state index in [1.807, 2.05) is 13.8 Å². The minimum absolute atomic E-state index is 0.0719. The summed E-state index contributed by atoms with van der Waals surface area (Å²) in [6.07, 6.45) is 2.77. The van der Waals surface area contributed by atoms with Crippen LogP contribution < -0.4 is 0 Å². The molecule has 0 unspecified atom stereocenters. The molecular formula is C15H25N3O4S. The molecule has 1 aromatic rings. The molecule has 0 aliphatic heterocycles. The number of amides is 1. The van der Waals surface area contributed by atoms with Crippen molar-refractivity contribution in [2.45, 2.75) is 18.7 Å². The van der Waals surface area contributed by atoms with Gasteiger partial charge in [-0.15, -0.1) is 0 Å². The summed E-state index contributed by atoms with van der Waals surface area (Å²) in [6.45, 7) is 5.20. The van der Waals surface area contributed by atoms with Crippen LogP contribution >= 0.6 is 0 Å². The topological polar surface area (TPSA) is 79.8 Å². The highest BCUT2D eigenvalue weighted by Gasteiger charge is 2.25. The highest BCUT2D eigenvalue weighted by molar-refractivity contribution is 7.89. The lowest BCUT2D eigenvalue weighted by Crippen LogP contribution is -2.43. The van der Waals surface area contributed by atoms with Crippen molar-refractivity contribution in [3.8, 4) is 0 Å². The normalized spacial score (nSPS) is 11.9. The Labute approximate surface area is 138 Å². The fourth-order valence-electron chi connectivity index (χ4n) is 2.02. The highest BCUT2D eigenvalue weighted by atomic mass is 32.2. The Morgan fingerprint density at radius 2 is 2.09 bits per heavy atom. The number of hydrogen-bond donors (Lipinski definition) is 0. The van der Waals surface area contributed by atoms with Gasteiger partial charge in [-0.05, 0) is 18.1 Å². The third kappa shape index (κ3) is 5.89. The fraction of sp³-hybridized carbons (Fsp3) is 0.600. The SMILES string of the molecule is COCCN(CC(C)C)C(=O)CN(C)S(=O)(=O)c1cccnc1. The zero-order valence-corrected chi connectivity index (χ0v) is 14.9. The largest absolute Gasteiger partial charge is 0.383 e. The number of carbonyl (C=O) groups is 1. The Balaban J connectivity index is 2.80. The Bertz CT molecular complexity index is 590. The lowest BCUT2D eigenvalue weighted by molar-refractivity contribution is -0.132. The molecular weight excluding hydrogens is 318 g/mol. The lowest BCUT2D eigenvalue weighted by Gasteiger charge is -2.26. The van der Waals surface area contributed by atoms with E-state index >= 15 is 0 Å². The van der Waals surface area contributed by atoms with Crippen molar-refractivity contribution in [3.63, 3.8) is 0 Å². The van der Waals surface area contributed by atoms with Gasteiger partial charge in [0.25, 0.3) is 0 Å². The molecule has 8 heteroatoms. The third-order valence-corrected chi connectivity index (χ3v) is 4.99. The second-order valence-corrected chi connectivity index (χ2v) is 7.72. The molecule has 7 nitrogen and oxygen atoms in total. The predicted molar refractivity (Wildman–Crippen MR) is 87.3 cm³/mol. The van der Waals surface area contributed by atoms with Crippen LogP contribution in [0.5, 0.6) is 0 Å². The molecule has 0 bridgehead atoms. The fourth-order valence-corrected chi connectivity index (χ4v) is 3.10. The second-order valence-electron chi connectivity index (χ2n) is 5.68. The zero-order valence-electron chi connectivity index (χ0n) is 14.1. The van der Waals surface area contributed by atoms with Gasteiger partial charge in [-0.25, -0.2) is 8.42 Å². The van der Waals surface area contributed by atoms with Crippen molar-refractivity contribution >= 4 is 15.9 Å². The molecule has 0 saturated heterocycles. The average Bonchev–Trinajstić information content (AvgIpc) is 2.51. The maximum absolute atomic E-state index is 12.4.